The van der Waals surface area contributed by atoms with Crippen molar-refractivity contribution in [2.45, 2.75) is 85.0 Å². The molecule has 1 aromatic heterocycles. The molecular weight excluding hydrogens is 378 g/mol. The zero-order chi connectivity index (χ0) is 21.4. The van der Waals surface area contributed by atoms with Crippen LogP contribution in [-0.4, -0.2) is 41.3 Å². The maximum absolute atomic E-state index is 13.1. The number of rotatable bonds is 4. The van der Waals surface area contributed by atoms with Crippen molar-refractivity contribution in [3.63, 3.8) is 0 Å². The highest BCUT2D eigenvalue weighted by Crippen LogP contribution is 2.67. The minimum Gasteiger partial charge on any atom is -0.464 e. The number of hydrogen-bond acceptors (Lipinski definition) is 5. The largest absolute Gasteiger partial charge is 0.464 e. The highest BCUT2D eigenvalue weighted by Gasteiger charge is 2.68. The van der Waals surface area contributed by atoms with Crippen LogP contribution in [0.2, 0.25) is 0 Å². The molecule has 30 heavy (non-hydrogen) atoms. The second-order valence-corrected chi connectivity index (χ2v) is 11.1. The standard InChI is InChI=1S/C25H37NO4/c1-6-26(7-2)13-14-11-15-17(29-14)12-16-19-18(15)23(28)30-21(19)20(27)22-24(3,4)9-8-10-25(16,22)5/h11,16,18-22,27H,6-10,12-13H2,1-5H3/t16?,18-,19?,20+,21-,22?,25-/m1/s1. The summed E-state index contributed by atoms with van der Waals surface area (Å²) in [6.45, 7) is 14.0. The number of aliphatic hydroxyl groups excluding tert-OH is 1. The first kappa shape index (κ1) is 20.6. The highest BCUT2D eigenvalue weighted by atomic mass is 16.6. The Kier molecular flexibility index (Phi) is 4.68. The monoisotopic (exact) mass is 415 g/mol. The highest BCUT2D eigenvalue weighted by molar-refractivity contribution is 5.82. The minimum absolute atomic E-state index is 0.00191. The average Bonchev–Trinajstić information content (AvgIpc) is 3.24. The fourth-order valence-corrected chi connectivity index (χ4v) is 7.99. The number of carbonyl (C=O) groups excluding carboxylic acids is 1. The number of esters is 1. The van der Waals surface area contributed by atoms with Gasteiger partial charge in [-0.3, -0.25) is 9.69 Å². The molecule has 0 radical (unpaired) electrons. The third kappa shape index (κ3) is 2.70. The fourth-order valence-electron chi connectivity index (χ4n) is 7.99. The molecule has 0 aromatic carbocycles. The summed E-state index contributed by atoms with van der Waals surface area (Å²) < 4.78 is 12.3. The molecule has 2 saturated carbocycles. The van der Waals surface area contributed by atoms with Crippen molar-refractivity contribution in [1.29, 1.82) is 0 Å². The minimum atomic E-state index is -0.580. The van der Waals surface area contributed by atoms with Crippen molar-refractivity contribution in [2.75, 3.05) is 13.1 Å². The summed E-state index contributed by atoms with van der Waals surface area (Å²) in [5.41, 5.74) is 1.06. The van der Waals surface area contributed by atoms with Crippen LogP contribution in [0.1, 0.15) is 76.9 Å². The van der Waals surface area contributed by atoms with Crippen molar-refractivity contribution >= 4 is 5.97 Å². The zero-order valence-electron chi connectivity index (χ0n) is 19.1. The van der Waals surface area contributed by atoms with Crippen LogP contribution in [0.15, 0.2) is 10.5 Å². The summed E-state index contributed by atoms with van der Waals surface area (Å²) in [5, 5.41) is 11.5. The van der Waals surface area contributed by atoms with Gasteiger partial charge in [-0.05, 0) is 54.7 Å². The van der Waals surface area contributed by atoms with Gasteiger partial charge in [0.15, 0.2) is 0 Å². The summed E-state index contributed by atoms with van der Waals surface area (Å²) >= 11 is 0. The quantitative estimate of drug-likeness (QED) is 0.750. The first-order chi connectivity index (χ1) is 14.2. The molecular formula is C25H37NO4. The maximum atomic E-state index is 13.1. The third-order valence-electron chi connectivity index (χ3n) is 9.26. The Labute approximate surface area is 180 Å². The van der Waals surface area contributed by atoms with E-state index in [0.29, 0.717) is 5.92 Å². The van der Waals surface area contributed by atoms with E-state index >= 15 is 0 Å². The summed E-state index contributed by atoms with van der Waals surface area (Å²) in [6.07, 6.45) is 3.30. The first-order valence-electron chi connectivity index (χ1n) is 11.9. The van der Waals surface area contributed by atoms with Gasteiger partial charge in [0.2, 0.25) is 0 Å². The number of aliphatic hydroxyl groups is 1. The summed E-state index contributed by atoms with van der Waals surface area (Å²) in [6, 6.07) is 2.10. The van der Waals surface area contributed by atoms with Crippen LogP contribution in [0.25, 0.3) is 0 Å². The Morgan fingerprint density at radius 3 is 2.63 bits per heavy atom. The van der Waals surface area contributed by atoms with Crippen molar-refractivity contribution in [3.05, 3.63) is 23.2 Å². The molecule has 0 bridgehead atoms. The SMILES string of the molecule is CCN(CC)Cc1cc2c(o1)CC1C3[C@@H]2C(=O)O[C@H]3[C@H](O)C2C(C)(C)CCC[C@]12C. The van der Waals surface area contributed by atoms with Crippen LogP contribution >= 0.6 is 0 Å². The van der Waals surface area contributed by atoms with Crippen LogP contribution in [0.3, 0.4) is 0 Å². The molecule has 4 aliphatic rings. The van der Waals surface area contributed by atoms with Gasteiger partial charge in [0.25, 0.3) is 0 Å². The van der Waals surface area contributed by atoms with Gasteiger partial charge in [-0.2, -0.15) is 0 Å². The Morgan fingerprint density at radius 2 is 1.93 bits per heavy atom. The van der Waals surface area contributed by atoms with E-state index in [2.05, 4.69) is 45.6 Å². The third-order valence-corrected chi connectivity index (χ3v) is 9.26. The molecule has 1 aromatic rings. The van der Waals surface area contributed by atoms with Gasteiger partial charge in [0, 0.05) is 17.9 Å². The molecule has 0 spiro atoms. The van der Waals surface area contributed by atoms with Gasteiger partial charge >= 0.3 is 5.97 Å². The van der Waals surface area contributed by atoms with Crippen LogP contribution in [-0.2, 0) is 22.5 Å². The molecule has 5 heteroatoms. The second-order valence-electron chi connectivity index (χ2n) is 11.1. The molecule has 2 heterocycles. The number of hydrogen-bond donors (Lipinski definition) is 1. The summed E-state index contributed by atoms with van der Waals surface area (Å²) in [4.78, 5) is 15.4. The smallest absolute Gasteiger partial charge is 0.314 e. The van der Waals surface area contributed by atoms with Crippen LogP contribution in [0.4, 0.5) is 0 Å². The molecule has 3 fully saturated rings. The van der Waals surface area contributed by atoms with E-state index in [4.69, 9.17) is 9.15 Å². The molecule has 166 valence electrons. The lowest BCUT2D eigenvalue weighted by atomic mass is 9.42. The molecule has 1 N–H and O–H groups in total. The molecule has 0 amide bonds. The predicted molar refractivity (Wildman–Crippen MR) is 114 cm³/mol. The first-order valence-corrected chi connectivity index (χ1v) is 11.9. The van der Waals surface area contributed by atoms with Gasteiger partial charge in [-0.1, -0.05) is 41.0 Å². The molecule has 5 rings (SSSR count). The van der Waals surface area contributed by atoms with E-state index < -0.39 is 6.10 Å². The summed E-state index contributed by atoms with van der Waals surface area (Å²) in [5.74, 6) is 2.01. The van der Waals surface area contributed by atoms with E-state index in [1.165, 1.54) is 6.42 Å². The van der Waals surface area contributed by atoms with E-state index in [1.54, 1.807) is 0 Å². The number of ether oxygens (including phenoxy) is 1. The van der Waals surface area contributed by atoms with Gasteiger partial charge in [0.05, 0.1) is 18.6 Å². The Balaban J connectivity index is 1.57. The molecule has 1 saturated heterocycles. The van der Waals surface area contributed by atoms with Crippen molar-refractivity contribution in [3.8, 4) is 0 Å². The fraction of sp³-hybridized carbons (Fsp3) is 0.800. The Morgan fingerprint density at radius 1 is 1.20 bits per heavy atom. The summed E-state index contributed by atoms with van der Waals surface area (Å²) in [7, 11) is 0. The van der Waals surface area contributed by atoms with Gasteiger partial charge in [-0.25, -0.2) is 0 Å². The lowest BCUT2D eigenvalue weighted by Crippen LogP contribution is -2.63. The van der Waals surface area contributed by atoms with Crippen molar-refractivity contribution < 1.29 is 19.1 Å². The number of carbonyl (C=O) groups is 1. The predicted octanol–water partition coefficient (Wildman–Crippen LogP) is 4.13. The van der Waals surface area contributed by atoms with E-state index in [-0.39, 0.29) is 40.7 Å². The second kappa shape index (κ2) is 6.83. The van der Waals surface area contributed by atoms with Crippen molar-refractivity contribution in [2.24, 2.45) is 28.6 Å². The lowest BCUT2D eigenvalue weighted by molar-refractivity contribution is -0.203. The topological polar surface area (TPSA) is 62.9 Å². The average molecular weight is 416 g/mol. The van der Waals surface area contributed by atoms with Crippen molar-refractivity contribution in [1.82, 2.24) is 4.90 Å². The normalized spacial score (nSPS) is 41.2. The Hall–Kier alpha value is -1.33. The molecule has 3 unspecified atom stereocenters. The van der Waals surface area contributed by atoms with Crippen LogP contribution < -0.4 is 0 Å². The van der Waals surface area contributed by atoms with Crippen LogP contribution in [0.5, 0.6) is 0 Å². The van der Waals surface area contributed by atoms with E-state index in [1.807, 2.05) is 0 Å². The van der Waals surface area contributed by atoms with Crippen LogP contribution in [0, 0.1) is 28.6 Å². The number of furan rings is 1. The Bertz CT molecular complexity index is 840. The molecule has 3 aliphatic carbocycles. The number of fused-ring (bicyclic) bond motifs is 4. The van der Waals surface area contributed by atoms with Gasteiger partial charge < -0.3 is 14.3 Å². The molecule has 7 atom stereocenters. The van der Waals surface area contributed by atoms with E-state index in [9.17, 15) is 9.90 Å². The molecule has 5 nitrogen and oxygen atoms in total. The molecule has 1 aliphatic heterocycles. The zero-order valence-corrected chi connectivity index (χ0v) is 19.1. The number of nitrogens with zero attached hydrogens (tertiary/aromatic N) is 1. The van der Waals surface area contributed by atoms with Gasteiger partial charge in [0.1, 0.15) is 17.6 Å². The van der Waals surface area contributed by atoms with Gasteiger partial charge in [-0.15, -0.1) is 0 Å². The lowest BCUT2D eigenvalue weighted by Gasteiger charge is -2.62. The maximum Gasteiger partial charge on any atom is 0.314 e. The van der Waals surface area contributed by atoms with E-state index in [0.717, 1.165) is 56.0 Å².